The second kappa shape index (κ2) is 3.68. The summed E-state index contributed by atoms with van der Waals surface area (Å²) in [4.78, 5) is 5.90. The van der Waals surface area contributed by atoms with Crippen LogP contribution in [0, 0.1) is 5.92 Å². The first-order valence-corrected chi connectivity index (χ1v) is 5.11. The summed E-state index contributed by atoms with van der Waals surface area (Å²) in [6.07, 6.45) is -0.495. The third kappa shape index (κ3) is 1.66. The highest BCUT2D eigenvalue weighted by Gasteiger charge is 2.32. The largest absolute Gasteiger partial charge is 0.396 e. The average molecular weight is 216 g/mol. The van der Waals surface area contributed by atoms with Crippen molar-refractivity contribution in [2.24, 2.45) is 5.92 Å². The molecule has 1 aliphatic heterocycles. The predicted molar refractivity (Wildman–Crippen MR) is 53.1 cm³/mol. The Kier molecular flexibility index (Phi) is 2.53. The zero-order chi connectivity index (χ0) is 10.1. The monoisotopic (exact) mass is 216 g/mol. The number of aliphatic hydroxyl groups is 2. The molecule has 0 radical (unpaired) electrons. The van der Waals surface area contributed by atoms with Crippen LogP contribution in [0.3, 0.4) is 0 Å². The first-order valence-electron chi connectivity index (χ1n) is 4.33. The SMILES string of the molecule is Nc1nsc(N2CC(O)C(CO)C2)n1. The molecule has 6 nitrogen and oxygen atoms in total. The second-order valence-corrected chi connectivity index (χ2v) is 4.08. The van der Waals surface area contributed by atoms with Gasteiger partial charge in [-0.05, 0) is 0 Å². The Hall–Kier alpha value is -0.920. The summed E-state index contributed by atoms with van der Waals surface area (Å²) in [5.74, 6) is 0.159. The van der Waals surface area contributed by atoms with Crippen molar-refractivity contribution in [2.75, 3.05) is 30.3 Å². The third-order valence-corrected chi connectivity index (χ3v) is 3.13. The molecule has 4 N–H and O–H groups in total. The highest BCUT2D eigenvalue weighted by atomic mass is 32.1. The molecular weight excluding hydrogens is 204 g/mol. The minimum atomic E-state index is -0.495. The van der Waals surface area contributed by atoms with E-state index < -0.39 is 6.10 Å². The molecule has 0 amide bonds. The molecule has 0 saturated carbocycles. The number of aromatic nitrogens is 2. The number of rotatable bonds is 2. The molecule has 1 aromatic rings. The number of nitrogens with two attached hydrogens (primary N) is 1. The van der Waals surface area contributed by atoms with Crippen LogP contribution in [-0.4, -0.2) is 45.4 Å². The van der Waals surface area contributed by atoms with Crippen LogP contribution in [0.2, 0.25) is 0 Å². The summed E-state index contributed by atoms with van der Waals surface area (Å²) in [5.41, 5.74) is 5.40. The molecule has 1 aromatic heterocycles. The molecule has 2 atom stereocenters. The summed E-state index contributed by atoms with van der Waals surface area (Å²) in [5, 5.41) is 19.2. The van der Waals surface area contributed by atoms with Crippen molar-refractivity contribution < 1.29 is 10.2 Å². The lowest BCUT2D eigenvalue weighted by molar-refractivity contribution is 0.104. The normalized spacial score (nSPS) is 27.1. The Morgan fingerprint density at radius 1 is 1.57 bits per heavy atom. The molecule has 14 heavy (non-hydrogen) atoms. The fourth-order valence-corrected chi connectivity index (χ4v) is 2.16. The van der Waals surface area contributed by atoms with E-state index in [4.69, 9.17) is 10.8 Å². The molecule has 2 unspecified atom stereocenters. The predicted octanol–water partition coefficient (Wildman–Crippen LogP) is -1.09. The summed E-state index contributed by atoms with van der Waals surface area (Å²) in [6, 6.07) is 0. The van der Waals surface area contributed by atoms with Crippen LogP contribution in [0.5, 0.6) is 0 Å². The maximum atomic E-state index is 9.55. The summed E-state index contributed by atoms with van der Waals surface area (Å²) < 4.78 is 3.86. The lowest BCUT2D eigenvalue weighted by Crippen LogP contribution is -2.21. The Balaban J connectivity index is 2.08. The van der Waals surface area contributed by atoms with Gasteiger partial charge in [0.05, 0.1) is 12.7 Å². The fraction of sp³-hybridized carbons (Fsp3) is 0.714. The van der Waals surface area contributed by atoms with Gasteiger partial charge in [0.2, 0.25) is 11.1 Å². The van der Waals surface area contributed by atoms with Crippen LogP contribution >= 0.6 is 11.5 Å². The van der Waals surface area contributed by atoms with Crippen molar-refractivity contribution in [2.45, 2.75) is 6.10 Å². The minimum Gasteiger partial charge on any atom is -0.396 e. The van der Waals surface area contributed by atoms with E-state index in [0.717, 1.165) is 0 Å². The number of anilines is 2. The Bertz CT molecular complexity index is 318. The van der Waals surface area contributed by atoms with Crippen LogP contribution in [-0.2, 0) is 0 Å². The maximum Gasteiger partial charge on any atom is 0.233 e. The smallest absolute Gasteiger partial charge is 0.233 e. The number of nitrogens with zero attached hydrogens (tertiary/aromatic N) is 3. The van der Waals surface area contributed by atoms with Crippen molar-refractivity contribution >= 4 is 22.6 Å². The molecule has 0 aliphatic carbocycles. The van der Waals surface area contributed by atoms with Gasteiger partial charge >= 0.3 is 0 Å². The quantitative estimate of drug-likeness (QED) is 0.581. The Morgan fingerprint density at radius 2 is 2.36 bits per heavy atom. The summed E-state index contributed by atoms with van der Waals surface area (Å²) in [6.45, 7) is 1.08. The van der Waals surface area contributed by atoms with E-state index in [9.17, 15) is 5.11 Å². The Labute approximate surface area is 85.2 Å². The molecule has 2 rings (SSSR count). The lowest BCUT2D eigenvalue weighted by Gasteiger charge is -2.12. The Morgan fingerprint density at radius 3 is 2.86 bits per heavy atom. The number of β-amino-alcohol motifs (C(OH)–C–C–N with tert-alkyl or cyclic N) is 1. The van der Waals surface area contributed by atoms with Crippen LogP contribution < -0.4 is 10.6 Å². The molecule has 2 heterocycles. The van der Waals surface area contributed by atoms with Gasteiger partial charge in [0.15, 0.2) is 0 Å². The fourth-order valence-electron chi connectivity index (χ4n) is 1.54. The molecular formula is C7H12N4O2S. The van der Waals surface area contributed by atoms with Gasteiger partial charge in [0.25, 0.3) is 0 Å². The zero-order valence-electron chi connectivity index (χ0n) is 7.50. The highest BCUT2D eigenvalue weighted by Crippen LogP contribution is 2.25. The van der Waals surface area contributed by atoms with Crippen LogP contribution in [0.25, 0.3) is 0 Å². The molecule has 7 heteroatoms. The molecule has 0 bridgehead atoms. The molecule has 1 saturated heterocycles. The lowest BCUT2D eigenvalue weighted by atomic mass is 10.1. The first-order chi connectivity index (χ1) is 6.70. The standard InChI is InChI=1S/C7H12N4O2S/c8-6-9-7(14-10-6)11-1-4(3-12)5(13)2-11/h4-5,12-13H,1-3H2,(H2,8,10). The van der Waals surface area contributed by atoms with E-state index in [1.54, 1.807) is 0 Å². The molecule has 1 fully saturated rings. The van der Waals surface area contributed by atoms with E-state index in [-0.39, 0.29) is 18.5 Å². The molecule has 0 aromatic carbocycles. The van der Waals surface area contributed by atoms with E-state index in [2.05, 4.69) is 9.36 Å². The number of hydrogen-bond donors (Lipinski definition) is 3. The van der Waals surface area contributed by atoms with Gasteiger partial charge < -0.3 is 20.8 Å². The number of nitrogen functional groups attached to an aromatic ring is 1. The van der Waals surface area contributed by atoms with Gasteiger partial charge in [0.1, 0.15) is 0 Å². The maximum absolute atomic E-state index is 9.55. The highest BCUT2D eigenvalue weighted by molar-refractivity contribution is 7.09. The number of aliphatic hydroxyl groups excluding tert-OH is 2. The van der Waals surface area contributed by atoms with Crippen molar-refractivity contribution in [1.82, 2.24) is 9.36 Å². The topological polar surface area (TPSA) is 95.5 Å². The number of hydrogen-bond acceptors (Lipinski definition) is 7. The minimum absolute atomic E-state index is 0.00798. The van der Waals surface area contributed by atoms with Gasteiger partial charge in [-0.15, -0.1) is 0 Å². The van der Waals surface area contributed by atoms with Gasteiger partial charge in [0, 0.05) is 30.5 Å². The first kappa shape index (κ1) is 9.63. The third-order valence-electron chi connectivity index (χ3n) is 2.34. The van der Waals surface area contributed by atoms with Crippen LogP contribution in [0.1, 0.15) is 0 Å². The molecule has 1 aliphatic rings. The molecule has 78 valence electrons. The summed E-state index contributed by atoms with van der Waals surface area (Å²) >= 11 is 1.21. The molecule has 0 spiro atoms. The second-order valence-electron chi connectivity index (χ2n) is 3.35. The average Bonchev–Trinajstić information content (AvgIpc) is 2.71. The zero-order valence-corrected chi connectivity index (χ0v) is 8.31. The van der Waals surface area contributed by atoms with Gasteiger partial charge in [-0.3, -0.25) is 0 Å². The summed E-state index contributed by atoms with van der Waals surface area (Å²) in [7, 11) is 0. The van der Waals surface area contributed by atoms with Crippen molar-refractivity contribution in [3.05, 3.63) is 0 Å². The van der Waals surface area contributed by atoms with Crippen molar-refractivity contribution in [3.63, 3.8) is 0 Å². The van der Waals surface area contributed by atoms with Crippen LogP contribution in [0.4, 0.5) is 11.1 Å². The van der Waals surface area contributed by atoms with Gasteiger partial charge in [-0.2, -0.15) is 9.36 Å². The van der Waals surface area contributed by atoms with Gasteiger partial charge in [-0.25, -0.2) is 0 Å². The van der Waals surface area contributed by atoms with E-state index >= 15 is 0 Å². The van der Waals surface area contributed by atoms with E-state index in [1.165, 1.54) is 11.5 Å². The van der Waals surface area contributed by atoms with E-state index in [0.29, 0.717) is 18.2 Å². The van der Waals surface area contributed by atoms with Crippen molar-refractivity contribution in [3.8, 4) is 0 Å². The van der Waals surface area contributed by atoms with Gasteiger partial charge in [-0.1, -0.05) is 0 Å². The van der Waals surface area contributed by atoms with Crippen molar-refractivity contribution in [1.29, 1.82) is 0 Å². The van der Waals surface area contributed by atoms with E-state index in [1.807, 2.05) is 4.90 Å². The van der Waals surface area contributed by atoms with Crippen LogP contribution in [0.15, 0.2) is 0 Å².